The SMILES string of the molecule is C.CC(C)(C)C.Cc1c(C)c(C)c(C2C(C)C(C)C(C)C3C(CC4C(C)C(C)C5C(c6c(C)c(C)c(C)c(C)c6C)C(C)C(C)C(C)C45)C(C)C(C)C23)c(C)c1C. The Morgan fingerprint density at radius 1 is 0.298 bits per heavy atom. The Morgan fingerprint density at radius 3 is 0.754 bits per heavy atom. The molecular formula is C57H96. The molecule has 18 unspecified atom stereocenters. The maximum Gasteiger partial charge on any atom is -0.00943 e. The van der Waals surface area contributed by atoms with Gasteiger partial charge in [-0.25, -0.2) is 0 Å². The quantitative estimate of drug-likeness (QED) is 0.290. The standard InChI is InChI=1S/C51H80.C5H12.CH4/c1-22-24(3)32(11)44(33(12)25(22)4)48-38(17)28(7)36(15)46-42(30(9)40(19)50(46)48)21-43-31(10)41(20)51-47(43)37(16)29(8)39(18)49(51)45-34(13)26(5)23(2)27(6)35(45)14;1-5(2,3)4;/h28-31,36-43,46-51H,21H2,1-20H3;1-4H3;1H4. The molecule has 0 saturated heterocycles. The Morgan fingerprint density at radius 2 is 0.509 bits per heavy atom. The van der Waals surface area contributed by atoms with Gasteiger partial charge in [-0.05, 0) is 254 Å². The highest BCUT2D eigenvalue weighted by molar-refractivity contribution is 5.53. The van der Waals surface area contributed by atoms with Gasteiger partial charge in [-0.2, -0.15) is 0 Å². The minimum atomic E-state index is 0. The maximum absolute atomic E-state index is 2.71. The first-order valence-electron chi connectivity index (χ1n) is 23.8. The van der Waals surface area contributed by atoms with Crippen molar-refractivity contribution in [2.24, 2.45) is 100 Å². The number of fused-ring (bicyclic) bond motifs is 2. The average molecular weight is 781 g/mol. The second-order valence-electron chi connectivity index (χ2n) is 23.6. The van der Waals surface area contributed by atoms with Gasteiger partial charge in [0.1, 0.15) is 0 Å². The van der Waals surface area contributed by atoms with E-state index in [1.807, 2.05) is 0 Å². The van der Waals surface area contributed by atoms with Crippen LogP contribution in [0.2, 0.25) is 0 Å². The lowest BCUT2D eigenvalue weighted by Crippen LogP contribution is -2.45. The lowest BCUT2D eigenvalue weighted by molar-refractivity contribution is 0.000812. The van der Waals surface area contributed by atoms with Crippen LogP contribution in [0.3, 0.4) is 0 Å². The van der Waals surface area contributed by atoms with Crippen LogP contribution in [0.5, 0.6) is 0 Å². The summed E-state index contributed by atoms with van der Waals surface area (Å²) >= 11 is 0. The zero-order valence-corrected chi connectivity index (χ0v) is 41.6. The van der Waals surface area contributed by atoms with Crippen LogP contribution < -0.4 is 0 Å². The Balaban J connectivity index is 0.00000113. The summed E-state index contributed by atoms with van der Waals surface area (Å²) in [6.07, 6.45) is 1.46. The fraction of sp³-hybridized carbons (Fsp3) is 0.789. The molecule has 0 heterocycles. The van der Waals surface area contributed by atoms with Crippen molar-refractivity contribution in [1.29, 1.82) is 0 Å². The third-order valence-corrected chi connectivity index (χ3v) is 19.9. The summed E-state index contributed by atoms with van der Waals surface area (Å²) in [7, 11) is 0. The number of hydrogen-bond acceptors (Lipinski definition) is 0. The van der Waals surface area contributed by atoms with Gasteiger partial charge >= 0.3 is 0 Å². The monoisotopic (exact) mass is 781 g/mol. The minimum Gasteiger partial charge on any atom is -0.0776 e. The molecule has 324 valence electrons. The third-order valence-electron chi connectivity index (χ3n) is 19.9. The van der Waals surface area contributed by atoms with Crippen LogP contribution >= 0.6 is 0 Å². The Hall–Kier alpha value is -1.56. The summed E-state index contributed by atoms with van der Waals surface area (Å²) < 4.78 is 0. The molecule has 4 aliphatic rings. The average Bonchev–Trinajstić information content (AvgIpc) is 3.52. The Bertz CT molecular complexity index is 1560. The Labute approximate surface area is 357 Å². The van der Waals surface area contributed by atoms with E-state index >= 15 is 0 Å². The molecule has 0 heteroatoms. The van der Waals surface area contributed by atoms with Crippen LogP contribution in [-0.4, -0.2) is 0 Å². The van der Waals surface area contributed by atoms with Crippen molar-refractivity contribution in [1.82, 2.24) is 0 Å². The van der Waals surface area contributed by atoms with Crippen LogP contribution in [0.4, 0.5) is 0 Å². The highest BCUT2D eigenvalue weighted by Gasteiger charge is 2.61. The Kier molecular flexibility index (Phi) is 14.4. The molecular weight excluding hydrogens is 685 g/mol. The first kappa shape index (κ1) is 48.1. The highest BCUT2D eigenvalue weighted by Crippen LogP contribution is 2.68. The van der Waals surface area contributed by atoms with E-state index in [0.29, 0.717) is 17.3 Å². The molecule has 18 atom stereocenters. The summed E-state index contributed by atoms with van der Waals surface area (Å²) in [4.78, 5) is 0. The van der Waals surface area contributed by atoms with Crippen molar-refractivity contribution in [3.63, 3.8) is 0 Å². The van der Waals surface area contributed by atoms with E-state index in [0.717, 1.165) is 94.7 Å². The lowest BCUT2D eigenvalue weighted by atomic mass is 9.52. The molecule has 57 heavy (non-hydrogen) atoms. The van der Waals surface area contributed by atoms with Gasteiger partial charge in [0.2, 0.25) is 0 Å². The normalized spacial score (nSPS) is 40.2. The summed E-state index contributed by atoms with van der Waals surface area (Å²) in [5, 5.41) is 0. The summed E-state index contributed by atoms with van der Waals surface area (Å²) in [6, 6.07) is 0. The third kappa shape index (κ3) is 7.81. The first-order valence-corrected chi connectivity index (χ1v) is 23.8. The smallest absolute Gasteiger partial charge is 0.00943 e. The summed E-state index contributed by atoms with van der Waals surface area (Å²) in [6.45, 7) is 59.8. The molecule has 0 spiro atoms. The number of rotatable bonds is 4. The number of benzene rings is 2. The maximum atomic E-state index is 2.71. The molecule has 4 saturated carbocycles. The fourth-order valence-corrected chi connectivity index (χ4v) is 15.1. The van der Waals surface area contributed by atoms with Gasteiger partial charge in [0.15, 0.2) is 0 Å². The van der Waals surface area contributed by atoms with Gasteiger partial charge in [0, 0.05) is 0 Å². The van der Waals surface area contributed by atoms with Gasteiger partial charge in [0.05, 0.1) is 0 Å². The molecule has 2 aromatic rings. The molecule has 0 radical (unpaired) electrons. The van der Waals surface area contributed by atoms with Gasteiger partial charge in [0.25, 0.3) is 0 Å². The molecule has 0 aromatic heterocycles. The van der Waals surface area contributed by atoms with Gasteiger partial charge in [-0.3, -0.25) is 0 Å². The molecule has 0 N–H and O–H groups in total. The van der Waals surface area contributed by atoms with Crippen LogP contribution in [0.1, 0.15) is 189 Å². The van der Waals surface area contributed by atoms with Crippen molar-refractivity contribution >= 4 is 0 Å². The van der Waals surface area contributed by atoms with Crippen LogP contribution in [0, 0.1) is 169 Å². The molecule has 4 fully saturated rings. The van der Waals surface area contributed by atoms with Crippen molar-refractivity contribution < 1.29 is 0 Å². The predicted molar refractivity (Wildman–Crippen MR) is 255 cm³/mol. The zero-order chi connectivity index (χ0) is 42.5. The van der Waals surface area contributed by atoms with E-state index in [1.54, 1.807) is 55.6 Å². The van der Waals surface area contributed by atoms with E-state index in [1.165, 1.54) is 17.5 Å². The lowest BCUT2D eigenvalue weighted by Gasteiger charge is -2.52. The first-order chi connectivity index (χ1) is 25.7. The molecule has 0 amide bonds. The van der Waals surface area contributed by atoms with Crippen LogP contribution in [0.15, 0.2) is 0 Å². The van der Waals surface area contributed by atoms with Crippen molar-refractivity contribution in [2.45, 2.75) is 192 Å². The second-order valence-corrected chi connectivity index (χ2v) is 23.6. The zero-order valence-electron chi connectivity index (χ0n) is 41.6. The molecule has 4 aliphatic carbocycles. The fourth-order valence-electron chi connectivity index (χ4n) is 15.1. The van der Waals surface area contributed by atoms with Crippen molar-refractivity contribution in [3.05, 3.63) is 66.8 Å². The van der Waals surface area contributed by atoms with E-state index in [9.17, 15) is 0 Å². The van der Waals surface area contributed by atoms with Crippen molar-refractivity contribution in [3.8, 4) is 0 Å². The predicted octanol–water partition coefficient (Wildman–Crippen LogP) is 16.8. The molecule has 0 bridgehead atoms. The molecule has 6 rings (SSSR count). The van der Waals surface area contributed by atoms with Gasteiger partial charge in [-0.15, -0.1) is 0 Å². The topological polar surface area (TPSA) is 0 Å². The van der Waals surface area contributed by atoms with Gasteiger partial charge in [-0.1, -0.05) is 104 Å². The minimum absolute atomic E-state index is 0. The van der Waals surface area contributed by atoms with Crippen LogP contribution in [-0.2, 0) is 0 Å². The van der Waals surface area contributed by atoms with Crippen LogP contribution in [0.25, 0.3) is 0 Å². The van der Waals surface area contributed by atoms with E-state index in [-0.39, 0.29) is 7.43 Å². The second kappa shape index (κ2) is 17.1. The van der Waals surface area contributed by atoms with Crippen molar-refractivity contribution in [2.75, 3.05) is 0 Å². The molecule has 0 nitrogen and oxygen atoms in total. The van der Waals surface area contributed by atoms with E-state index in [4.69, 9.17) is 0 Å². The highest BCUT2D eigenvalue weighted by atomic mass is 14.7. The van der Waals surface area contributed by atoms with E-state index in [2.05, 4.69) is 166 Å². The van der Waals surface area contributed by atoms with Gasteiger partial charge < -0.3 is 0 Å². The number of hydrogen-bond donors (Lipinski definition) is 0. The summed E-state index contributed by atoms with van der Waals surface area (Å²) in [5.74, 6) is 13.9. The summed E-state index contributed by atoms with van der Waals surface area (Å²) in [5.41, 5.74) is 19.7. The molecule has 0 aliphatic heterocycles. The largest absolute Gasteiger partial charge is 0.0776 e. The molecule has 2 aromatic carbocycles. The van der Waals surface area contributed by atoms with E-state index < -0.39 is 0 Å².